The Balaban J connectivity index is 1.51. The van der Waals surface area contributed by atoms with Gasteiger partial charge in [-0.15, -0.1) is 0 Å². The van der Waals surface area contributed by atoms with Gasteiger partial charge in [-0.3, -0.25) is 4.18 Å². The molecule has 1 fully saturated rings. The number of ether oxygens (including phenoxy) is 4. The van der Waals surface area contributed by atoms with E-state index in [0.717, 1.165) is 63.4 Å². The highest BCUT2D eigenvalue weighted by Gasteiger charge is 2.44. The molecule has 1 aromatic rings. The Kier molecular flexibility index (Phi) is 19.0. The van der Waals surface area contributed by atoms with Crippen molar-refractivity contribution in [3.63, 3.8) is 0 Å². The monoisotopic (exact) mass is 715 g/mol. The van der Waals surface area contributed by atoms with Crippen molar-refractivity contribution >= 4 is 51.0 Å². The van der Waals surface area contributed by atoms with E-state index in [4.69, 9.17) is 57.9 Å². The van der Waals surface area contributed by atoms with Gasteiger partial charge >= 0.3 is 6.09 Å². The molecule has 0 bridgehead atoms. The third kappa shape index (κ3) is 17.2. The topological polar surface area (TPSA) is 109 Å². The minimum absolute atomic E-state index is 0.123. The number of aryl methyl sites for hydroxylation is 1. The molecule has 1 aliphatic rings. The molecule has 1 aliphatic heterocycles. The lowest BCUT2D eigenvalue weighted by molar-refractivity contribution is -0.202. The fraction of sp³-hybridized carbons (Fsp3) is 0.781. The summed E-state index contributed by atoms with van der Waals surface area (Å²) in [5, 5.41) is 2.70. The molecule has 1 heterocycles. The second-order valence-electron chi connectivity index (χ2n) is 12.0. The summed E-state index contributed by atoms with van der Waals surface area (Å²) < 4.78 is 51.7. The number of alkyl carbamates (subject to hydrolysis) is 1. The molecule has 2 atom stereocenters. The van der Waals surface area contributed by atoms with E-state index < -0.39 is 31.7 Å². The zero-order chi connectivity index (χ0) is 33.2. The molecule has 1 aromatic carbocycles. The molecule has 0 saturated carbocycles. The van der Waals surface area contributed by atoms with Crippen molar-refractivity contribution in [2.45, 2.75) is 131 Å². The predicted octanol–water partition coefficient (Wildman–Crippen LogP) is 8.40. The van der Waals surface area contributed by atoms with Gasteiger partial charge in [0.25, 0.3) is 10.1 Å². The summed E-state index contributed by atoms with van der Waals surface area (Å²) in [5.41, 5.74) is -0.246. The first-order chi connectivity index (χ1) is 21.3. The second kappa shape index (κ2) is 21.2. The van der Waals surface area contributed by atoms with Gasteiger partial charge in [-0.2, -0.15) is 8.42 Å². The number of halogens is 3. The van der Waals surface area contributed by atoms with Crippen molar-refractivity contribution in [3.8, 4) is 0 Å². The minimum Gasteiger partial charge on any atom is -0.439 e. The summed E-state index contributed by atoms with van der Waals surface area (Å²) in [5.74, 6) is 0. The van der Waals surface area contributed by atoms with E-state index in [-0.39, 0.29) is 24.4 Å². The van der Waals surface area contributed by atoms with Crippen LogP contribution < -0.4 is 5.32 Å². The van der Waals surface area contributed by atoms with Gasteiger partial charge in [0.2, 0.25) is 3.79 Å². The highest BCUT2D eigenvalue weighted by atomic mass is 35.6. The number of unbranched alkanes of at least 4 members (excludes halogenated alkanes) is 9. The predicted molar refractivity (Wildman–Crippen MR) is 179 cm³/mol. The maximum atomic E-state index is 12.6. The Bertz CT molecular complexity index is 1060. The number of rotatable bonds is 22. The van der Waals surface area contributed by atoms with E-state index in [0.29, 0.717) is 19.8 Å². The summed E-state index contributed by atoms with van der Waals surface area (Å²) >= 11 is 17.5. The average Bonchev–Trinajstić information content (AvgIpc) is 2.97. The summed E-state index contributed by atoms with van der Waals surface area (Å²) in [6, 6.07) is 6.57. The van der Waals surface area contributed by atoms with E-state index in [1.165, 1.54) is 25.7 Å². The SMILES string of the molecule is Cc1ccc(S(=O)(=O)OC[C@@H](COCCCCCCCCCCCCNC(=O)OC(C)(C)C(Cl)(Cl)Cl)OC2CCCCO2)cc1. The number of carbonyl (C=O) groups excluding carboxylic acids is 1. The summed E-state index contributed by atoms with van der Waals surface area (Å²) in [6.07, 6.45) is 12.2. The van der Waals surface area contributed by atoms with Crippen molar-refractivity contribution in [1.82, 2.24) is 5.32 Å². The maximum absolute atomic E-state index is 12.6. The standard InChI is InChI=1S/C32H52Cl3NO8S/c1-26-17-19-28(20-18-26)45(38,39)42-25-27(43-29-16-12-15-23-41-29)24-40-22-14-11-9-7-5-4-6-8-10-13-21-36-30(37)44-31(2,3)32(33,34)35/h17-20,27,29H,4-16,21-25H2,1-3H3,(H,36,37)/t27-,29?/m1/s1. The van der Waals surface area contributed by atoms with Crippen LogP contribution in [0.3, 0.4) is 0 Å². The fourth-order valence-electron chi connectivity index (χ4n) is 4.57. The van der Waals surface area contributed by atoms with Crippen LogP contribution in [0.1, 0.15) is 103 Å². The van der Waals surface area contributed by atoms with Gasteiger partial charge in [-0.25, -0.2) is 4.79 Å². The van der Waals surface area contributed by atoms with Gasteiger partial charge < -0.3 is 24.3 Å². The van der Waals surface area contributed by atoms with Crippen LogP contribution in [0.4, 0.5) is 4.79 Å². The van der Waals surface area contributed by atoms with Gasteiger partial charge in [0.15, 0.2) is 11.9 Å². The fourth-order valence-corrected chi connectivity index (χ4v) is 5.62. The van der Waals surface area contributed by atoms with E-state index in [1.54, 1.807) is 38.1 Å². The molecule has 13 heteroatoms. The lowest BCUT2D eigenvalue weighted by atomic mass is 10.1. The molecule has 0 radical (unpaired) electrons. The Labute approximate surface area is 285 Å². The number of amides is 1. The third-order valence-electron chi connectivity index (χ3n) is 7.52. The summed E-state index contributed by atoms with van der Waals surface area (Å²) in [6.45, 7) is 6.86. The first-order valence-electron chi connectivity index (χ1n) is 16.1. The van der Waals surface area contributed by atoms with Crippen LogP contribution in [0.15, 0.2) is 29.2 Å². The largest absolute Gasteiger partial charge is 0.439 e. The summed E-state index contributed by atoms with van der Waals surface area (Å²) in [4.78, 5) is 12.0. The molecule has 1 amide bonds. The maximum Gasteiger partial charge on any atom is 0.407 e. The highest BCUT2D eigenvalue weighted by Crippen LogP contribution is 2.40. The van der Waals surface area contributed by atoms with E-state index in [1.807, 2.05) is 6.92 Å². The molecule has 9 nitrogen and oxygen atoms in total. The van der Waals surface area contributed by atoms with Crippen molar-refractivity contribution in [2.24, 2.45) is 0 Å². The highest BCUT2D eigenvalue weighted by molar-refractivity contribution is 7.86. The Morgan fingerprint density at radius 1 is 0.933 bits per heavy atom. The molecule has 0 aromatic heterocycles. The molecule has 2 rings (SSSR count). The quantitative estimate of drug-likeness (QED) is 0.0724. The second-order valence-corrected chi connectivity index (χ2v) is 15.9. The van der Waals surface area contributed by atoms with Crippen LogP contribution in [0.2, 0.25) is 0 Å². The van der Waals surface area contributed by atoms with Crippen molar-refractivity contribution < 1.29 is 36.3 Å². The molecule has 260 valence electrons. The van der Waals surface area contributed by atoms with E-state index in [9.17, 15) is 13.2 Å². The minimum atomic E-state index is -3.89. The van der Waals surface area contributed by atoms with Gasteiger partial charge in [0.1, 0.15) is 6.10 Å². The van der Waals surface area contributed by atoms with E-state index in [2.05, 4.69) is 5.32 Å². The molecule has 45 heavy (non-hydrogen) atoms. The summed E-state index contributed by atoms with van der Waals surface area (Å²) in [7, 11) is -3.89. The van der Waals surface area contributed by atoms with Crippen LogP contribution in [0.25, 0.3) is 0 Å². The lowest BCUT2D eigenvalue weighted by Gasteiger charge is -2.31. The molecular formula is C32H52Cl3NO8S. The van der Waals surface area contributed by atoms with Crippen LogP contribution in [-0.4, -0.2) is 69.3 Å². The first kappa shape index (κ1) is 40.3. The number of benzene rings is 1. The Morgan fingerprint density at radius 2 is 1.53 bits per heavy atom. The first-order valence-corrected chi connectivity index (χ1v) is 18.7. The normalized spacial score (nSPS) is 16.8. The molecule has 1 unspecified atom stereocenters. The molecule has 0 spiro atoms. The molecule has 1 saturated heterocycles. The smallest absolute Gasteiger partial charge is 0.407 e. The van der Waals surface area contributed by atoms with Gasteiger partial charge in [0.05, 0.1) is 18.1 Å². The van der Waals surface area contributed by atoms with Crippen molar-refractivity contribution in [3.05, 3.63) is 29.8 Å². The van der Waals surface area contributed by atoms with Crippen molar-refractivity contribution in [1.29, 1.82) is 0 Å². The average molecular weight is 717 g/mol. The van der Waals surface area contributed by atoms with Crippen LogP contribution in [0, 0.1) is 6.92 Å². The zero-order valence-corrected chi connectivity index (χ0v) is 30.1. The number of hydrogen-bond donors (Lipinski definition) is 1. The Morgan fingerprint density at radius 3 is 2.11 bits per heavy atom. The number of nitrogens with one attached hydrogen (secondary N) is 1. The van der Waals surface area contributed by atoms with E-state index >= 15 is 0 Å². The Hall–Kier alpha value is -0.850. The third-order valence-corrected chi connectivity index (χ3v) is 10.2. The molecule has 0 aliphatic carbocycles. The van der Waals surface area contributed by atoms with Crippen molar-refractivity contribution in [2.75, 3.05) is 33.0 Å². The molecule has 1 N–H and O–H groups in total. The lowest BCUT2D eigenvalue weighted by Crippen LogP contribution is -2.44. The number of carbonyl (C=O) groups is 1. The van der Waals surface area contributed by atoms with Crippen LogP contribution in [0.5, 0.6) is 0 Å². The van der Waals surface area contributed by atoms with Gasteiger partial charge in [0, 0.05) is 19.8 Å². The van der Waals surface area contributed by atoms with Crippen LogP contribution in [-0.2, 0) is 33.2 Å². The number of alkyl halides is 3. The zero-order valence-electron chi connectivity index (χ0n) is 27.0. The van der Waals surface area contributed by atoms with Crippen LogP contribution >= 0.6 is 34.8 Å². The molecular weight excluding hydrogens is 665 g/mol. The van der Waals surface area contributed by atoms with Gasteiger partial charge in [-0.05, 0) is 65.0 Å². The number of hydrogen-bond acceptors (Lipinski definition) is 8. The van der Waals surface area contributed by atoms with Gasteiger partial charge in [-0.1, -0.05) is 104 Å².